The monoisotopic (exact) mass is 337 g/mol. The van der Waals surface area contributed by atoms with E-state index in [1.807, 2.05) is 75.5 Å². The highest BCUT2D eigenvalue weighted by molar-refractivity contribution is 6.02. The Kier molecular flexibility index (Phi) is 4.61. The summed E-state index contributed by atoms with van der Waals surface area (Å²) in [6.07, 6.45) is 1.45. The van der Waals surface area contributed by atoms with Gasteiger partial charge in [0.25, 0.3) is 0 Å². The number of nitrogens with one attached hydrogen (secondary N) is 1. The predicted octanol–water partition coefficient (Wildman–Crippen LogP) is 4.05. The molecule has 0 spiro atoms. The molecule has 1 aromatic heterocycles. The van der Waals surface area contributed by atoms with Gasteiger partial charge in [0.2, 0.25) is 0 Å². The minimum atomic E-state index is -0.559. The number of hydrogen-bond acceptors (Lipinski definition) is 4. The van der Waals surface area contributed by atoms with E-state index in [9.17, 15) is 4.79 Å². The highest BCUT2D eigenvalue weighted by atomic mass is 16.6. The predicted molar refractivity (Wildman–Crippen MR) is 100 cm³/mol. The standard InChI is InChI=1S/C20H23N3O2/c1-20(2,3)25-19(24)23-13-16(14-8-5-4-6-9-14)18-15(12-22-21)10-7-11-17(18)23/h4-11,13,22H,12,21H2,1-3H3. The van der Waals surface area contributed by atoms with Crippen molar-refractivity contribution in [3.05, 3.63) is 60.3 Å². The van der Waals surface area contributed by atoms with Gasteiger partial charge in [-0.1, -0.05) is 42.5 Å². The Balaban J connectivity index is 2.23. The SMILES string of the molecule is CC(C)(C)OC(=O)n1cc(-c2ccccc2)c2c(CNN)cccc21. The summed E-state index contributed by atoms with van der Waals surface area (Å²) in [5.41, 5.74) is 6.00. The van der Waals surface area contributed by atoms with Gasteiger partial charge in [-0.15, -0.1) is 0 Å². The maximum Gasteiger partial charge on any atom is 0.419 e. The maximum atomic E-state index is 12.7. The highest BCUT2D eigenvalue weighted by Gasteiger charge is 2.22. The van der Waals surface area contributed by atoms with Crippen LogP contribution in [0.5, 0.6) is 0 Å². The van der Waals surface area contributed by atoms with Crippen LogP contribution in [0.15, 0.2) is 54.7 Å². The number of benzene rings is 2. The Hall–Kier alpha value is -2.63. The average molecular weight is 337 g/mol. The molecule has 3 aromatic rings. The number of rotatable bonds is 3. The van der Waals surface area contributed by atoms with E-state index >= 15 is 0 Å². The molecular formula is C20H23N3O2. The lowest BCUT2D eigenvalue weighted by Crippen LogP contribution is -2.26. The zero-order valence-corrected chi connectivity index (χ0v) is 14.7. The van der Waals surface area contributed by atoms with Crippen LogP contribution in [0.1, 0.15) is 26.3 Å². The molecule has 3 rings (SSSR count). The van der Waals surface area contributed by atoms with Crippen LogP contribution in [-0.2, 0) is 11.3 Å². The van der Waals surface area contributed by atoms with Gasteiger partial charge in [0.05, 0.1) is 5.52 Å². The van der Waals surface area contributed by atoms with Crippen molar-refractivity contribution in [2.75, 3.05) is 0 Å². The Morgan fingerprint density at radius 2 is 1.84 bits per heavy atom. The molecule has 2 aromatic carbocycles. The van der Waals surface area contributed by atoms with E-state index in [1.54, 1.807) is 4.57 Å². The number of carbonyl (C=O) groups is 1. The number of fused-ring (bicyclic) bond motifs is 1. The molecule has 3 N–H and O–H groups in total. The van der Waals surface area contributed by atoms with Gasteiger partial charge in [-0.3, -0.25) is 15.8 Å². The van der Waals surface area contributed by atoms with E-state index in [4.69, 9.17) is 10.6 Å². The summed E-state index contributed by atoms with van der Waals surface area (Å²) in [6, 6.07) is 15.8. The first kappa shape index (κ1) is 17.2. The molecular weight excluding hydrogens is 314 g/mol. The number of carbonyl (C=O) groups excluding carboxylic acids is 1. The van der Waals surface area contributed by atoms with Crippen molar-refractivity contribution >= 4 is 17.0 Å². The normalized spacial score (nSPS) is 11.7. The van der Waals surface area contributed by atoms with Crippen LogP contribution in [0.4, 0.5) is 4.79 Å². The summed E-state index contributed by atoms with van der Waals surface area (Å²) in [5, 5.41) is 0.998. The molecule has 0 aliphatic carbocycles. The van der Waals surface area contributed by atoms with E-state index in [0.29, 0.717) is 6.54 Å². The third-order valence-electron chi connectivity index (χ3n) is 3.88. The zero-order chi connectivity index (χ0) is 18.0. The number of aromatic nitrogens is 1. The van der Waals surface area contributed by atoms with Crippen LogP contribution in [0.3, 0.4) is 0 Å². The molecule has 25 heavy (non-hydrogen) atoms. The van der Waals surface area contributed by atoms with Crippen molar-refractivity contribution < 1.29 is 9.53 Å². The summed E-state index contributed by atoms with van der Waals surface area (Å²) < 4.78 is 7.14. The quantitative estimate of drug-likeness (QED) is 0.559. The fourth-order valence-corrected chi connectivity index (χ4v) is 2.92. The van der Waals surface area contributed by atoms with Gasteiger partial charge in [0, 0.05) is 23.7 Å². The molecule has 0 radical (unpaired) electrons. The molecule has 0 unspecified atom stereocenters. The van der Waals surface area contributed by atoms with Crippen molar-refractivity contribution in [1.82, 2.24) is 9.99 Å². The molecule has 5 nitrogen and oxygen atoms in total. The first-order valence-corrected chi connectivity index (χ1v) is 8.26. The molecule has 0 amide bonds. The molecule has 1 heterocycles. The van der Waals surface area contributed by atoms with Crippen LogP contribution in [0.2, 0.25) is 0 Å². The minimum Gasteiger partial charge on any atom is -0.443 e. The van der Waals surface area contributed by atoms with Crippen LogP contribution >= 0.6 is 0 Å². The smallest absolute Gasteiger partial charge is 0.419 e. The lowest BCUT2D eigenvalue weighted by Gasteiger charge is -2.19. The van der Waals surface area contributed by atoms with Gasteiger partial charge in [0.15, 0.2) is 0 Å². The summed E-state index contributed by atoms with van der Waals surface area (Å²) in [7, 11) is 0. The van der Waals surface area contributed by atoms with Gasteiger partial charge in [-0.25, -0.2) is 4.79 Å². The maximum absolute atomic E-state index is 12.7. The zero-order valence-electron chi connectivity index (χ0n) is 14.7. The topological polar surface area (TPSA) is 69.3 Å². The van der Waals surface area contributed by atoms with Crippen LogP contribution in [0, 0.1) is 0 Å². The van der Waals surface area contributed by atoms with Crippen LogP contribution in [0.25, 0.3) is 22.0 Å². The van der Waals surface area contributed by atoms with Gasteiger partial charge >= 0.3 is 6.09 Å². The van der Waals surface area contributed by atoms with Crippen molar-refractivity contribution in [3.8, 4) is 11.1 Å². The Morgan fingerprint density at radius 1 is 1.12 bits per heavy atom. The molecule has 0 aliphatic heterocycles. The third kappa shape index (κ3) is 3.57. The first-order chi connectivity index (χ1) is 11.9. The van der Waals surface area contributed by atoms with E-state index in [2.05, 4.69) is 5.43 Å². The number of nitrogens with two attached hydrogens (primary N) is 1. The molecule has 0 saturated carbocycles. The van der Waals surface area contributed by atoms with Crippen LogP contribution in [-0.4, -0.2) is 16.3 Å². The Labute approximate surface area is 147 Å². The van der Waals surface area contributed by atoms with Crippen LogP contribution < -0.4 is 11.3 Å². The minimum absolute atomic E-state index is 0.391. The lowest BCUT2D eigenvalue weighted by molar-refractivity contribution is 0.0544. The van der Waals surface area contributed by atoms with Gasteiger partial charge < -0.3 is 4.74 Å². The molecule has 0 fully saturated rings. The Bertz CT molecular complexity index is 892. The third-order valence-corrected chi connectivity index (χ3v) is 3.88. The fourth-order valence-electron chi connectivity index (χ4n) is 2.92. The molecule has 0 aliphatic rings. The van der Waals surface area contributed by atoms with Crippen molar-refractivity contribution in [1.29, 1.82) is 0 Å². The largest absolute Gasteiger partial charge is 0.443 e. The van der Waals surface area contributed by atoms with Crippen molar-refractivity contribution in [2.45, 2.75) is 32.9 Å². The molecule has 0 saturated heterocycles. The lowest BCUT2D eigenvalue weighted by atomic mass is 10.0. The number of ether oxygens (including phenoxy) is 1. The summed E-state index contributed by atoms with van der Waals surface area (Å²) in [6.45, 7) is 6.09. The summed E-state index contributed by atoms with van der Waals surface area (Å²) in [5.74, 6) is 5.54. The van der Waals surface area contributed by atoms with Gasteiger partial charge in [-0.05, 0) is 38.0 Å². The highest BCUT2D eigenvalue weighted by Crippen LogP contribution is 2.33. The number of hydrazine groups is 1. The molecule has 0 bridgehead atoms. The fraction of sp³-hybridized carbons (Fsp3) is 0.250. The van der Waals surface area contributed by atoms with E-state index in [1.165, 1.54) is 0 Å². The van der Waals surface area contributed by atoms with E-state index < -0.39 is 11.7 Å². The number of hydrogen-bond donors (Lipinski definition) is 2. The number of nitrogens with zero attached hydrogens (tertiary/aromatic N) is 1. The molecule has 0 atom stereocenters. The first-order valence-electron chi connectivity index (χ1n) is 8.26. The van der Waals surface area contributed by atoms with E-state index in [0.717, 1.165) is 27.6 Å². The molecule has 130 valence electrons. The molecule has 5 heteroatoms. The second-order valence-corrected chi connectivity index (χ2v) is 6.95. The van der Waals surface area contributed by atoms with Gasteiger partial charge in [0.1, 0.15) is 5.60 Å². The Morgan fingerprint density at radius 3 is 2.48 bits per heavy atom. The van der Waals surface area contributed by atoms with Gasteiger partial charge in [-0.2, -0.15) is 0 Å². The second kappa shape index (κ2) is 6.70. The van der Waals surface area contributed by atoms with Crippen molar-refractivity contribution in [3.63, 3.8) is 0 Å². The second-order valence-electron chi connectivity index (χ2n) is 6.95. The summed E-state index contributed by atoms with van der Waals surface area (Å²) >= 11 is 0. The van der Waals surface area contributed by atoms with Crippen molar-refractivity contribution in [2.24, 2.45) is 5.84 Å². The summed E-state index contributed by atoms with van der Waals surface area (Å²) in [4.78, 5) is 12.7. The van der Waals surface area contributed by atoms with E-state index in [-0.39, 0.29) is 0 Å². The average Bonchev–Trinajstić information content (AvgIpc) is 2.95.